The normalized spacial score (nSPS) is 9.58. The summed E-state index contributed by atoms with van der Waals surface area (Å²) in [7, 11) is 0. The molecule has 0 saturated carbocycles. The third kappa shape index (κ3) is 3.51. The second-order valence-electron chi connectivity index (χ2n) is 3.35. The van der Waals surface area contributed by atoms with Crippen LogP contribution in [0.5, 0.6) is 0 Å². The summed E-state index contributed by atoms with van der Waals surface area (Å²) in [6.07, 6.45) is 0. The number of aromatic nitrogens is 2. The highest BCUT2D eigenvalue weighted by Gasteiger charge is 2.09. The third-order valence-electron chi connectivity index (χ3n) is 2.11. The fourth-order valence-corrected chi connectivity index (χ4v) is 1.96. The number of carbonyl (C=O) groups excluding carboxylic acids is 1. The van der Waals surface area contributed by atoms with Crippen LogP contribution in [0.1, 0.15) is 15.9 Å². The first-order valence-corrected chi connectivity index (χ1v) is 6.43. The van der Waals surface area contributed by atoms with Gasteiger partial charge < -0.3 is 5.11 Å². The highest BCUT2D eigenvalue weighted by Crippen LogP contribution is 2.18. The second-order valence-corrected chi connectivity index (χ2v) is 4.59. The van der Waals surface area contributed by atoms with E-state index in [1.54, 1.807) is 12.1 Å². The molecule has 0 aliphatic carbocycles. The molecule has 0 bridgehead atoms. The summed E-state index contributed by atoms with van der Waals surface area (Å²) < 4.78 is 0. The smallest absolute Gasteiger partial charge is 0.257 e. The largest absolute Gasteiger partial charge is 0.384 e. The number of halogens is 1. The minimum atomic E-state index is -0.319. The molecule has 0 spiro atoms. The molecule has 2 aromatic rings. The van der Waals surface area contributed by atoms with E-state index in [1.165, 1.54) is 22.9 Å². The van der Waals surface area contributed by atoms with Gasteiger partial charge in [0.2, 0.25) is 5.13 Å². The molecule has 0 radical (unpaired) electrons. The Morgan fingerprint density at radius 1 is 1.53 bits per heavy atom. The topological polar surface area (TPSA) is 75.1 Å². The Kier molecular flexibility index (Phi) is 4.47. The molecule has 1 aromatic carbocycles. The average molecular weight is 294 g/mol. The summed E-state index contributed by atoms with van der Waals surface area (Å²) in [5.41, 5.74) is 2.48. The summed E-state index contributed by atoms with van der Waals surface area (Å²) in [5, 5.41) is 19.3. The summed E-state index contributed by atoms with van der Waals surface area (Å²) in [6.45, 7) is -0.240. The Hall–Kier alpha value is -1.94. The zero-order chi connectivity index (χ0) is 13.7. The molecule has 1 aromatic heterocycles. The van der Waals surface area contributed by atoms with Crippen LogP contribution >= 0.6 is 22.9 Å². The van der Waals surface area contributed by atoms with Gasteiger partial charge in [0, 0.05) is 11.1 Å². The van der Waals surface area contributed by atoms with Crippen LogP contribution in [0.3, 0.4) is 0 Å². The van der Waals surface area contributed by atoms with Crippen molar-refractivity contribution in [2.75, 3.05) is 11.9 Å². The first kappa shape index (κ1) is 13.5. The second kappa shape index (κ2) is 6.29. The van der Waals surface area contributed by atoms with Gasteiger partial charge in [0.15, 0.2) is 0 Å². The predicted molar refractivity (Wildman–Crippen MR) is 73.3 cm³/mol. The van der Waals surface area contributed by atoms with E-state index in [9.17, 15) is 4.79 Å². The molecular weight excluding hydrogens is 286 g/mol. The van der Waals surface area contributed by atoms with Crippen molar-refractivity contribution in [2.45, 2.75) is 0 Å². The van der Waals surface area contributed by atoms with Crippen molar-refractivity contribution in [1.82, 2.24) is 10.2 Å². The maximum Gasteiger partial charge on any atom is 0.257 e. The molecule has 0 aliphatic rings. The number of carbonyl (C=O) groups is 1. The Morgan fingerprint density at radius 2 is 2.37 bits per heavy atom. The maximum atomic E-state index is 11.9. The van der Waals surface area contributed by atoms with Crippen molar-refractivity contribution in [1.29, 1.82) is 0 Å². The molecule has 96 valence electrons. The first-order chi connectivity index (χ1) is 9.20. The molecule has 2 rings (SSSR count). The van der Waals surface area contributed by atoms with Crippen molar-refractivity contribution < 1.29 is 9.90 Å². The van der Waals surface area contributed by atoms with Crippen LogP contribution in [0.25, 0.3) is 0 Å². The van der Waals surface area contributed by atoms with Gasteiger partial charge in [-0.25, -0.2) is 0 Å². The van der Waals surface area contributed by atoms with Gasteiger partial charge in [0.25, 0.3) is 5.91 Å². The van der Waals surface area contributed by atoms with Crippen LogP contribution < -0.4 is 5.32 Å². The lowest BCUT2D eigenvalue weighted by Crippen LogP contribution is -2.11. The number of hydrogen-bond acceptors (Lipinski definition) is 5. The standard InChI is InChI=1S/C12H8ClN3O2S/c13-10-6-9(4-3-8(10)2-1-5-17)11(18)15-12-16-14-7-19-12/h3-4,6-7,17H,5H2,(H,15,16,18). The van der Waals surface area contributed by atoms with Gasteiger partial charge in [0.1, 0.15) is 12.1 Å². The molecule has 0 fully saturated rings. The monoisotopic (exact) mass is 293 g/mol. The number of rotatable bonds is 2. The third-order valence-corrected chi connectivity index (χ3v) is 3.03. The lowest BCUT2D eigenvalue weighted by molar-refractivity contribution is 0.102. The molecule has 0 saturated heterocycles. The molecule has 0 unspecified atom stereocenters. The number of benzene rings is 1. The van der Waals surface area contributed by atoms with Gasteiger partial charge in [-0.15, -0.1) is 10.2 Å². The van der Waals surface area contributed by atoms with Gasteiger partial charge in [-0.2, -0.15) is 0 Å². The molecule has 0 aliphatic heterocycles. The van der Waals surface area contributed by atoms with Gasteiger partial charge in [-0.1, -0.05) is 34.8 Å². The van der Waals surface area contributed by atoms with Gasteiger partial charge in [-0.3, -0.25) is 10.1 Å². The summed E-state index contributed by atoms with van der Waals surface area (Å²) >= 11 is 7.23. The van der Waals surface area contributed by atoms with Crippen LogP contribution in [0.15, 0.2) is 23.7 Å². The number of amides is 1. The molecule has 5 nitrogen and oxygen atoms in total. The van der Waals surface area contributed by atoms with Crippen molar-refractivity contribution in [3.05, 3.63) is 39.9 Å². The number of anilines is 1. The number of aliphatic hydroxyl groups is 1. The number of aliphatic hydroxyl groups excluding tert-OH is 1. The van der Waals surface area contributed by atoms with E-state index >= 15 is 0 Å². The fraction of sp³-hybridized carbons (Fsp3) is 0.0833. The van der Waals surface area contributed by atoms with E-state index in [0.29, 0.717) is 21.3 Å². The van der Waals surface area contributed by atoms with E-state index in [4.69, 9.17) is 16.7 Å². The van der Waals surface area contributed by atoms with Gasteiger partial charge >= 0.3 is 0 Å². The summed E-state index contributed by atoms with van der Waals surface area (Å²) in [4.78, 5) is 11.9. The number of hydrogen-bond donors (Lipinski definition) is 2. The zero-order valence-corrected chi connectivity index (χ0v) is 11.1. The lowest BCUT2D eigenvalue weighted by atomic mass is 10.1. The van der Waals surface area contributed by atoms with E-state index in [0.717, 1.165) is 0 Å². The van der Waals surface area contributed by atoms with Crippen molar-refractivity contribution in [3.8, 4) is 11.8 Å². The van der Waals surface area contributed by atoms with Crippen molar-refractivity contribution in [2.24, 2.45) is 0 Å². The molecule has 1 amide bonds. The Labute approximate surface area is 118 Å². The van der Waals surface area contributed by atoms with Crippen molar-refractivity contribution >= 4 is 34.0 Å². The molecule has 0 atom stereocenters. The van der Waals surface area contributed by atoms with Crippen LogP contribution in [0.2, 0.25) is 5.02 Å². The summed E-state index contributed by atoms with van der Waals surface area (Å²) in [5.74, 6) is 4.87. The Morgan fingerprint density at radius 3 is 3.00 bits per heavy atom. The van der Waals surface area contributed by atoms with E-state index in [1.807, 2.05) is 0 Å². The van der Waals surface area contributed by atoms with Crippen LogP contribution in [-0.4, -0.2) is 27.8 Å². The highest BCUT2D eigenvalue weighted by atomic mass is 35.5. The van der Waals surface area contributed by atoms with Crippen LogP contribution in [-0.2, 0) is 0 Å². The predicted octanol–water partition coefficient (Wildman–Crippen LogP) is 1.79. The van der Waals surface area contributed by atoms with Crippen molar-refractivity contribution in [3.63, 3.8) is 0 Å². The Bertz CT molecular complexity index is 647. The SMILES string of the molecule is O=C(Nc1nncs1)c1ccc(C#CCO)c(Cl)c1. The fourth-order valence-electron chi connectivity index (χ4n) is 1.29. The lowest BCUT2D eigenvalue weighted by Gasteiger charge is -2.03. The quantitative estimate of drug-likeness (QED) is 0.828. The number of nitrogens with one attached hydrogen (secondary N) is 1. The molecular formula is C12H8ClN3O2S. The van der Waals surface area contributed by atoms with E-state index in [2.05, 4.69) is 27.4 Å². The van der Waals surface area contributed by atoms with Crippen LogP contribution in [0, 0.1) is 11.8 Å². The van der Waals surface area contributed by atoms with Gasteiger partial charge in [0.05, 0.1) is 5.02 Å². The van der Waals surface area contributed by atoms with Crippen LogP contribution in [0.4, 0.5) is 5.13 Å². The Balaban J connectivity index is 2.17. The van der Waals surface area contributed by atoms with E-state index < -0.39 is 0 Å². The van der Waals surface area contributed by atoms with Gasteiger partial charge in [-0.05, 0) is 18.2 Å². The molecule has 19 heavy (non-hydrogen) atoms. The average Bonchev–Trinajstić information content (AvgIpc) is 2.90. The minimum absolute atomic E-state index is 0.240. The molecule has 7 heteroatoms. The maximum absolute atomic E-state index is 11.9. The molecule has 1 heterocycles. The minimum Gasteiger partial charge on any atom is -0.384 e. The zero-order valence-electron chi connectivity index (χ0n) is 9.55. The highest BCUT2D eigenvalue weighted by molar-refractivity contribution is 7.13. The van der Waals surface area contributed by atoms with E-state index in [-0.39, 0.29) is 12.5 Å². The molecule has 2 N–H and O–H groups in total. The number of nitrogens with zero attached hydrogens (tertiary/aromatic N) is 2. The first-order valence-electron chi connectivity index (χ1n) is 5.17. The summed E-state index contributed by atoms with van der Waals surface area (Å²) in [6, 6.07) is 4.74.